The van der Waals surface area contributed by atoms with Crippen LogP contribution < -0.4 is 0 Å². The molecule has 1 aliphatic carbocycles. The summed E-state index contributed by atoms with van der Waals surface area (Å²) in [4.78, 5) is 0. The second kappa shape index (κ2) is 7.79. The van der Waals surface area contributed by atoms with Gasteiger partial charge in [-0.3, -0.25) is 0 Å². The molecule has 0 aromatic heterocycles. The Kier molecular flexibility index (Phi) is 5.83. The number of benzene rings is 2. The molecule has 30 heavy (non-hydrogen) atoms. The van der Waals surface area contributed by atoms with Gasteiger partial charge in [0, 0.05) is 11.1 Å². The molecule has 0 fully saturated rings. The zero-order valence-corrected chi connectivity index (χ0v) is 20.7. The summed E-state index contributed by atoms with van der Waals surface area (Å²) < 4.78 is 13.5. The van der Waals surface area contributed by atoms with Gasteiger partial charge in [0.2, 0.25) is 11.2 Å². The van der Waals surface area contributed by atoms with Crippen LogP contribution in [0.1, 0.15) is 22.3 Å². The van der Waals surface area contributed by atoms with Crippen LogP contribution in [-0.2, 0) is 32.9 Å². The molecule has 4 nitrogen and oxygen atoms in total. The Morgan fingerprint density at radius 2 is 1.00 bits per heavy atom. The first-order valence-corrected chi connectivity index (χ1v) is 17.2. The van der Waals surface area contributed by atoms with Gasteiger partial charge in [0.25, 0.3) is 0 Å². The van der Waals surface area contributed by atoms with Crippen molar-refractivity contribution in [2.24, 2.45) is 0 Å². The van der Waals surface area contributed by atoms with Crippen molar-refractivity contribution < 1.29 is 8.85 Å². The Hall–Kier alpha value is -2.23. The Morgan fingerprint density at radius 1 is 0.667 bits per heavy atom. The third-order valence-corrected chi connectivity index (χ3v) is 7.02. The third-order valence-electron chi connectivity index (χ3n) is 5.19. The van der Waals surface area contributed by atoms with Gasteiger partial charge in [-0.25, -0.2) is 0 Å². The molecule has 2 atom stereocenters. The molecule has 0 aliphatic heterocycles. The highest BCUT2D eigenvalue weighted by Gasteiger charge is 2.62. The van der Waals surface area contributed by atoms with Gasteiger partial charge in [-0.05, 0) is 63.3 Å². The Labute approximate surface area is 182 Å². The smallest absolute Gasteiger partial charge is 0.217 e. The molecular formula is C24H30N2O2Si2. The average molecular weight is 435 g/mol. The first-order valence-electron chi connectivity index (χ1n) is 10.4. The highest BCUT2D eigenvalue weighted by Crippen LogP contribution is 2.51. The van der Waals surface area contributed by atoms with Crippen LogP contribution in [0, 0.1) is 22.7 Å². The van der Waals surface area contributed by atoms with E-state index < -0.39 is 27.8 Å². The van der Waals surface area contributed by atoms with Gasteiger partial charge >= 0.3 is 0 Å². The van der Waals surface area contributed by atoms with Crippen LogP contribution in [-0.4, -0.2) is 16.6 Å². The Bertz CT molecular complexity index is 943. The second-order valence-corrected chi connectivity index (χ2v) is 18.7. The minimum Gasteiger partial charge on any atom is -0.393 e. The van der Waals surface area contributed by atoms with Crippen LogP contribution in [0.3, 0.4) is 0 Å². The van der Waals surface area contributed by atoms with Crippen LogP contribution in [0.5, 0.6) is 0 Å². The predicted octanol–water partition coefficient (Wildman–Crippen LogP) is 5.63. The zero-order valence-electron chi connectivity index (χ0n) is 18.7. The molecule has 6 heteroatoms. The van der Waals surface area contributed by atoms with Crippen LogP contribution in [0.25, 0.3) is 0 Å². The van der Waals surface area contributed by atoms with E-state index in [2.05, 4.69) is 51.4 Å². The molecule has 1 aliphatic rings. The number of nitrogens with zero attached hydrogens (tertiary/aromatic N) is 2. The van der Waals surface area contributed by atoms with Crippen molar-refractivity contribution in [1.82, 2.24) is 0 Å². The summed E-state index contributed by atoms with van der Waals surface area (Å²) in [6.07, 6.45) is 1.56. The topological polar surface area (TPSA) is 66.0 Å². The van der Waals surface area contributed by atoms with Gasteiger partial charge in [0.1, 0.15) is 12.1 Å². The molecule has 0 radical (unpaired) electrons. The van der Waals surface area contributed by atoms with Crippen LogP contribution >= 0.6 is 0 Å². The van der Waals surface area contributed by atoms with Gasteiger partial charge < -0.3 is 8.85 Å². The van der Waals surface area contributed by atoms with Crippen molar-refractivity contribution in [2.45, 2.75) is 63.3 Å². The normalized spacial score (nSPS) is 23.9. The fraction of sp³-hybridized carbons (Fsp3) is 0.417. The molecular weight excluding hydrogens is 404 g/mol. The SMILES string of the molecule is C[Si](C)(C)O[C@@]1(C#N)c2ccccc2CCc2ccccc2[C@]1(C#N)O[Si](C)(C)C. The molecule has 0 N–H and O–H groups in total. The molecule has 0 unspecified atom stereocenters. The quantitative estimate of drug-likeness (QED) is 0.585. The van der Waals surface area contributed by atoms with Crippen molar-refractivity contribution in [3.05, 3.63) is 70.8 Å². The van der Waals surface area contributed by atoms with Crippen molar-refractivity contribution >= 4 is 16.6 Å². The number of hydrogen-bond donors (Lipinski definition) is 0. The van der Waals surface area contributed by atoms with Crippen LogP contribution in [0.4, 0.5) is 0 Å². The first kappa shape index (κ1) is 22.5. The summed E-state index contributed by atoms with van der Waals surface area (Å²) in [6, 6.07) is 20.7. The van der Waals surface area contributed by atoms with Crippen molar-refractivity contribution in [3.63, 3.8) is 0 Å². The standard InChI is InChI=1S/C24H30N2O2Si2/c1-29(2,3)27-23(17-25)21-13-9-7-11-19(21)15-16-20-12-8-10-14-22(20)24(23,18-26)28-30(4,5)6/h7-14H,15-16H2,1-6H3/t23-,24-/m0/s1. The Balaban J connectivity index is 2.51. The van der Waals surface area contributed by atoms with E-state index in [0.29, 0.717) is 0 Å². The largest absolute Gasteiger partial charge is 0.393 e. The van der Waals surface area contributed by atoms with Crippen LogP contribution in [0.2, 0.25) is 39.3 Å². The van der Waals surface area contributed by atoms with E-state index in [4.69, 9.17) is 8.85 Å². The molecule has 0 saturated carbocycles. The monoisotopic (exact) mass is 434 g/mol. The molecule has 2 aromatic carbocycles. The van der Waals surface area contributed by atoms with Gasteiger partial charge in [-0.1, -0.05) is 48.5 Å². The lowest BCUT2D eigenvalue weighted by Crippen LogP contribution is -2.59. The van der Waals surface area contributed by atoms with Crippen molar-refractivity contribution in [3.8, 4) is 12.1 Å². The molecule has 156 valence electrons. The average Bonchev–Trinajstić information content (AvgIpc) is 2.67. The van der Waals surface area contributed by atoms with E-state index in [1.165, 1.54) is 0 Å². The first-order chi connectivity index (χ1) is 14.0. The second-order valence-electron chi connectivity index (χ2n) is 9.83. The summed E-state index contributed by atoms with van der Waals surface area (Å²) in [5.41, 5.74) is 0.462. The van der Waals surface area contributed by atoms with E-state index in [9.17, 15) is 10.5 Å². The molecule has 0 bridgehead atoms. The summed E-state index contributed by atoms with van der Waals surface area (Å²) >= 11 is 0. The summed E-state index contributed by atoms with van der Waals surface area (Å²) in [5, 5.41) is 21.6. The molecule has 2 aromatic rings. The minimum atomic E-state index is -2.29. The van der Waals surface area contributed by atoms with Gasteiger partial charge in [-0.2, -0.15) is 10.5 Å². The van der Waals surface area contributed by atoms with Crippen molar-refractivity contribution in [2.75, 3.05) is 0 Å². The Morgan fingerprint density at radius 3 is 1.30 bits per heavy atom. The number of rotatable bonds is 4. The van der Waals surface area contributed by atoms with Gasteiger partial charge in [0.05, 0.1) is 0 Å². The number of fused-ring (bicyclic) bond motifs is 2. The fourth-order valence-corrected chi connectivity index (χ4v) is 6.74. The number of hydrogen-bond acceptors (Lipinski definition) is 4. The van der Waals surface area contributed by atoms with E-state index in [0.717, 1.165) is 35.1 Å². The fourth-order valence-electron chi connectivity index (χ4n) is 4.31. The van der Waals surface area contributed by atoms with Gasteiger partial charge in [-0.15, -0.1) is 0 Å². The van der Waals surface area contributed by atoms with E-state index in [1.54, 1.807) is 0 Å². The van der Waals surface area contributed by atoms with Crippen molar-refractivity contribution in [1.29, 1.82) is 10.5 Å². The predicted molar refractivity (Wildman–Crippen MR) is 124 cm³/mol. The summed E-state index contributed by atoms with van der Waals surface area (Å²) in [6.45, 7) is 12.3. The number of nitriles is 2. The highest BCUT2D eigenvalue weighted by molar-refractivity contribution is 6.70. The molecule has 0 spiro atoms. The number of aryl methyl sites for hydroxylation is 2. The maximum Gasteiger partial charge on any atom is 0.217 e. The minimum absolute atomic E-state index is 0.754. The van der Waals surface area contributed by atoms with E-state index >= 15 is 0 Å². The summed E-state index contributed by atoms with van der Waals surface area (Å²) in [5.74, 6) is 0. The third kappa shape index (κ3) is 3.89. The molecule has 0 heterocycles. The lowest BCUT2D eigenvalue weighted by atomic mass is 9.70. The highest BCUT2D eigenvalue weighted by atomic mass is 28.4. The molecule has 0 saturated heterocycles. The molecule has 0 amide bonds. The summed E-state index contributed by atoms with van der Waals surface area (Å²) in [7, 11) is -4.57. The van der Waals surface area contributed by atoms with E-state index in [1.807, 2.05) is 48.5 Å². The van der Waals surface area contributed by atoms with E-state index in [-0.39, 0.29) is 0 Å². The van der Waals surface area contributed by atoms with Crippen LogP contribution in [0.15, 0.2) is 48.5 Å². The van der Waals surface area contributed by atoms with Gasteiger partial charge in [0.15, 0.2) is 16.6 Å². The molecule has 3 rings (SSSR count). The lowest BCUT2D eigenvalue weighted by Gasteiger charge is -2.49. The maximum atomic E-state index is 10.8. The zero-order chi connectivity index (χ0) is 22.2. The maximum absolute atomic E-state index is 10.8. The lowest BCUT2D eigenvalue weighted by molar-refractivity contribution is -0.0682.